The van der Waals surface area contributed by atoms with Crippen LogP contribution in [-0.2, 0) is 0 Å². The zero-order valence-electron chi connectivity index (χ0n) is 16.7. The van der Waals surface area contributed by atoms with E-state index in [4.69, 9.17) is 10.7 Å². The summed E-state index contributed by atoms with van der Waals surface area (Å²) >= 11 is 0. The number of hydrogen-bond donors (Lipinski definition) is 2. The van der Waals surface area contributed by atoms with Crippen molar-refractivity contribution in [1.29, 1.82) is 0 Å². The summed E-state index contributed by atoms with van der Waals surface area (Å²) in [6.45, 7) is 4.15. The quantitative estimate of drug-likeness (QED) is 0.526. The number of nitrogens with one attached hydrogen (secondary N) is 1. The summed E-state index contributed by atoms with van der Waals surface area (Å²) in [5.41, 5.74) is 12.0. The summed E-state index contributed by atoms with van der Waals surface area (Å²) in [6, 6.07) is 19.2. The predicted molar refractivity (Wildman–Crippen MR) is 118 cm³/mol. The molecule has 0 atom stereocenters. The van der Waals surface area contributed by atoms with Crippen molar-refractivity contribution in [2.75, 3.05) is 17.3 Å². The van der Waals surface area contributed by atoms with E-state index >= 15 is 0 Å². The predicted octanol–water partition coefficient (Wildman–Crippen LogP) is 4.88. The number of urea groups is 1. The smallest absolute Gasteiger partial charge is 0.319 e. The number of fused-ring (bicyclic) bond motifs is 1. The van der Waals surface area contributed by atoms with Gasteiger partial charge in [-0.1, -0.05) is 42.5 Å². The number of primary amides is 1. The fourth-order valence-electron chi connectivity index (χ4n) is 3.52. The lowest BCUT2D eigenvalue weighted by molar-refractivity contribution is 0.255. The first-order chi connectivity index (χ1) is 14.0. The van der Waals surface area contributed by atoms with E-state index in [1.165, 1.54) is 4.90 Å². The van der Waals surface area contributed by atoms with Crippen LogP contribution in [0.3, 0.4) is 0 Å². The fraction of sp³-hybridized carbons (Fsp3) is 0.130. The first kappa shape index (κ1) is 18.6. The maximum atomic E-state index is 11.8. The number of benzene rings is 2. The van der Waals surface area contributed by atoms with E-state index in [1.54, 1.807) is 7.05 Å². The van der Waals surface area contributed by atoms with Crippen molar-refractivity contribution in [3.63, 3.8) is 0 Å². The molecule has 0 aliphatic heterocycles. The molecule has 6 heteroatoms. The molecule has 0 radical (unpaired) electrons. The van der Waals surface area contributed by atoms with Crippen molar-refractivity contribution in [3.05, 3.63) is 78.0 Å². The van der Waals surface area contributed by atoms with Crippen LogP contribution in [0, 0.1) is 13.8 Å². The molecule has 0 fully saturated rings. The van der Waals surface area contributed by atoms with Gasteiger partial charge in [-0.15, -0.1) is 0 Å². The number of nitrogens with two attached hydrogens (primary N) is 1. The van der Waals surface area contributed by atoms with Gasteiger partial charge in [0.25, 0.3) is 0 Å². The number of imidazole rings is 1. The zero-order chi connectivity index (χ0) is 20.5. The highest BCUT2D eigenvalue weighted by molar-refractivity contribution is 5.97. The average Bonchev–Trinajstić information content (AvgIpc) is 3.08. The molecule has 0 saturated heterocycles. The van der Waals surface area contributed by atoms with E-state index in [0.29, 0.717) is 5.69 Å². The number of anilines is 3. The summed E-state index contributed by atoms with van der Waals surface area (Å²) in [5, 5.41) is 3.59. The number of carbonyl (C=O) groups excluding carboxylic acids is 1. The van der Waals surface area contributed by atoms with Gasteiger partial charge in [0.2, 0.25) is 0 Å². The summed E-state index contributed by atoms with van der Waals surface area (Å²) in [7, 11) is 1.66. The Hall–Kier alpha value is -3.80. The standard InChI is InChI=1S/C23H23N5O/c1-15-9-8-10-16(2)20(15)26-22-21(25-19-13-6-7-14-28(19)22)17-11-4-5-12-18(17)27(3)23(24)29/h4-14,26H,1-3H3,(H2,24,29). The highest BCUT2D eigenvalue weighted by Gasteiger charge is 2.20. The minimum Gasteiger partial charge on any atom is -0.351 e. The van der Waals surface area contributed by atoms with Crippen LogP contribution in [0.15, 0.2) is 66.9 Å². The molecule has 0 spiro atoms. The minimum atomic E-state index is -0.523. The Bertz CT molecular complexity index is 1190. The number of carbonyl (C=O) groups is 1. The van der Waals surface area contributed by atoms with Crippen LogP contribution in [0.1, 0.15) is 11.1 Å². The molecule has 0 aliphatic rings. The third kappa shape index (κ3) is 3.29. The monoisotopic (exact) mass is 385 g/mol. The van der Waals surface area contributed by atoms with E-state index in [1.807, 2.05) is 59.1 Å². The lowest BCUT2D eigenvalue weighted by Crippen LogP contribution is -2.32. The Morgan fingerprint density at radius 2 is 1.69 bits per heavy atom. The number of aryl methyl sites for hydroxylation is 2. The molecule has 0 saturated carbocycles. The Morgan fingerprint density at radius 3 is 2.41 bits per heavy atom. The van der Waals surface area contributed by atoms with Gasteiger partial charge >= 0.3 is 6.03 Å². The van der Waals surface area contributed by atoms with E-state index in [9.17, 15) is 4.79 Å². The maximum Gasteiger partial charge on any atom is 0.319 e. The molecule has 4 rings (SSSR count). The number of hydrogen-bond acceptors (Lipinski definition) is 3. The third-order valence-electron chi connectivity index (χ3n) is 5.11. The molecule has 2 aromatic heterocycles. The molecule has 2 aromatic carbocycles. The lowest BCUT2D eigenvalue weighted by Gasteiger charge is -2.19. The van der Waals surface area contributed by atoms with Crippen molar-refractivity contribution in [3.8, 4) is 11.3 Å². The van der Waals surface area contributed by atoms with Gasteiger partial charge in [-0.3, -0.25) is 9.30 Å². The van der Waals surface area contributed by atoms with E-state index in [2.05, 4.69) is 31.3 Å². The Labute approximate surface area is 169 Å². The van der Waals surface area contributed by atoms with E-state index < -0.39 is 6.03 Å². The molecule has 3 N–H and O–H groups in total. The van der Waals surface area contributed by atoms with Crippen molar-refractivity contribution in [2.45, 2.75) is 13.8 Å². The van der Waals surface area contributed by atoms with Crippen LogP contribution < -0.4 is 16.0 Å². The molecule has 6 nitrogen and oxygen atoms in total. The van der Waals surface area contributed by atoms with E-state index in [-0.39, 0.29) is 0 Å². The van der Waals surface area contributed by atoms with E-state index in [0.717, 1.165) is 39.5 Å². The van der Waals surface area contributed by atoms with Crippen LogP contribution in [0.2, 0.25) is 0 Å². The molecule has 0 aliphatic carbocycles. The fourth-order valence-corrected chi connectivity index (χ4v) is 3.52. The molecular weight excluding hydrogens is 362 g/mol. The van der Waals surface area contributed by atoms with Crippen LogP contribution >= 0.6 is 0 Å². The molecule has 146 valence electrons. The maximum absolute atomic E-state index is 11.8. The Morgan fingerprint density at radius 1 is 1.00 bits per heavy atom. The second-order valence-corrected chi connectivity index (χ2v) is 7.04. The normalized spacial score (nSPS) is 10.9. The molecule has 2 heterocycles. The zero-order valence-corrected chi connectivity index (χ0v) is 16.7. The van der Waals surface area contributed by atoms with Gasteiger partial charge in [0.15, 0.2) is 0 Å². The summed E-state index contributed by atoms with van der Waals surface area (Å²) in [4.78, 5) is 18.1. The van der Waals surface area contributed by atoms with Gasteiger partial charge in [0.05, 0.1) is 5.69 Å². The van der Waals surface area contributed by atoms with Crippen molar-refractivity contribution < 1.29 is 4.79 Å². The number of pyridine rings is 1. The highest BCUT2D eigenvalue weighted by atomic mass is 16.2. The summed E-state index contributed by atoms with van der Waals surface area (Å²) in [5.74, 6) is 0.836. The third-order valence-corrected chi connectivity index (χ3v) is 5.11. The Kier molecular flexibility index (Phi) is 4.68. The summed E-state index contributed by atoms with van der Waals surface area (Å²) < 4.78 is 2.02. The molecule has 29 heavy (non-hydrogen) atoms. The van der Waals surface area contributed by atoms with Gasteiger partial charge < -0.3 is 11.1 Å². The van der Waals surface area contributed by atoms with Gasteiger partial charge in [-0.05, 0) is 43.2 Å². The van der Waals surface area contributed by atoms with Crippen LogP contribution in [-0.4, -0.2) is 22.5 Å². The molecule has 2 amide bonds. The van der Waals surface area contributed by atoms with Gasteiger partial charge in [0, 0.05) is 24.5 Å². The molecular formula is C23H23N5O. The van der Waals surface area contributed by atoms with Gasteiger partial charge in [-0.25, -0.2) is 9.78 Å². The molecule has 4 aromatic rings. The number of rotatable bonds is 4. The van der Waals surface area contributed by atoms with Crippen LogP contribution in [0.25, 0.3) is 16.9 Å². The van der Waals surface area contributed by atoms with Crippen molar-refractivity contribution >= 4 is 28.9 Å². The second kappa shape index (κ2) is 7.31. The average molecular weight is 385 g/mol. The first-order valence-electron chi connectivity index (χ1n) is 9.40. The van der Waals surface area contributed by atoms with Crippen LogP contribution in [0.4, 0.5) is 22.0 Å². The largest absolute Gasteiger partial charge is 0.351 e. The summed E-state index contributed by atoms with van der Waals surface area (Å²) in [6.07, 6.45) is 1.97. The number of amides is 2. The number of aromatic nitrogens is 2. The highest BCUT2D eigenvalue weighted by Crippen LogP contribution is 2.37. The van der Waals surface area contributed by atoms with Gasteiger partial charge in [-0.2, -0.15) is 0 Å². The minimum absolute atomic E-state index is 0.523. The Balaban J connectivity index is 1.96. The topological polar surface area (TPSA) is 75.7 Å². The number of nitrogens with zero attached hydrogens (tertiary/aromatic N) is 3. The SMILES string of the molecule is Cc1cccc(C)c1Nc1c(-c2ccccc2N(C)C(N)=O)nc2ccccn12. The number of para-hydroxylation sites is 2. The van der Waals surface area contributed by atoms with Crippen LogP contribution in [0.5, 0.6) is 0 Å². The second-order valence-electron chi connectivity index (χ2n) is 7.04. The van der Waals surface area contributed by atoms with Gasteiger partial charge in [0.1, 0.15) is 17.2 Å². The molecule has 0 unspecified atom stereocenters. The van der Waals surface area contributed by atoms with Crippen molar-refractivity contribution in [1.82, 2.24) is 9.38 Å². The van der Waals surface area contributed by atoms with Crippen molar-refractivity contribution in [2.24, 2.45) is 5.73 Å². The molecule has 0 bridgehead atoms. The first-order valence-corrected chi connectivity index (χ1v) is 9.40. The lowest BCUT2D eigenvalue weighted by atomic mass is 10.1.